The van der Waals surface area contributed by atoms with Gasteiger partial charge in [0, 0.05) is 12.5 Å². The molecular formula is C11H18N4. The maximum absolute atomic E-state index is 5.68. The molecule has 1 unspecified atom stereocenters. The SMILES string of the molecule is CN1CCCCC1Cc1cc(N)cnn1. The maximum Gasteiger partial charge on any atom is 0.0726 e. The summed E-state index contributed by atoms with van der Waals surface area (Å²) in [6.45, 7) is 1.19. The molecule has 1 saturated heterocycles. The van der Waals surface area contributed by atoms with E-state index in [0.717, 1.165) is 12.1 Å². The number of rotatable bonds is 2. The second kappa shape index (κ2) is 4.57. The molecule has 2 N–H and O–H groups in total. The number of aromatic nitrogens is 2. The minimum absolute atomic E-state index is 0.606. The summed E-state index contributed by atoms with van der Waals surface area (Å²) < 4.78 is 0. The van der Waals surface area contributed by atoms with Gasteiger partial charge in [-0.05, 0) is 32.5 Å². The lowest BCUT2D eigenvalue weighted by atomic mass is 9.98. The number of nitrogen functional groups attached to an aromatic ring is 1. The lowest BCUT2D eigenvalue weighted by Crippen LogP contribution is -2.37. The van der Waals surface area contributed by atoms with Crippen molar-refractivity contribution in [3.8, 4) is 0 Å². The number of anilines is 1. The Bertz CT molecular complexity index is 326. The van der Waals surface area contributed by atoms with Crippen LogP contribution in [0.3, 0.4) is 0 Å². The summed E-state index contributed by atoms with van der Waals surface area (Å²) in [6.07, 6.45) is 6.45. The summed E-state index contributed by atoms with van der Waals surface area (Å²) in [6, 6.07) is 2.53. The topological polar surface area (TPSA) is 55.0 Å². The van der Waals surface area contributed by atoms with Crippen LogP contribution in [0, 0.1) is 0 Å². The predicted octanol–water partition coefficient (Wildman–Crippen LogP) is 1.09. The highest BCUT2D eigenvalue weighted by molar-refractivity contribution is 5.34. The Morgan fingerprint density at radius 2 is 2.40 bits per heavy atom. The van der Waals surface area contributed by atoms with Crippen LogP contribution in [0.2, 0.25) is 0 Å². The molecule has 0 radical (unpaired) electrons. The molecule has 1 aromatic rings. The van der Waals surface area contributed by atoms with E-state index >= 15 is 0 Å². The Kier molecular flexibility index (Phi) is 3.16. The highest BCUT2D eigenvalue weighted by atomic mass is 15.1. The molecule has 1 aromatic heterocycles. The molecule has 15 heavy (non-hydrogen) atoms. The molecule has 1 aliphatic rings. The van der Waals surface area contributed by atoms with E-state index in [9.17, 15) is 0 Å². The third-order valence-corrected chi connectivity index (χ3v) is 3.09. The Morgan fingerprint density at radius 1 is 1.53 bits per heavy atom. The molecular weight excluding hydrogens is 188 g/mol. The third-order valence-electron chi connectivity index (χ3n) is 3.09. The van der Waals surface area contributed by atoms with Crippen LogP contribution in [0.1, 0.15) is 25.0 Å². The molecule has 2 rings (SSSR count). The van der Waals surface area contributed by atoms with E-state index in [4.69, 9.17) is 5.73 Å². The van der Waals surface area contributed by atoms with E-state index in [-0.39, 0.29) is 0 Å². The molecule has 1 atom stereocenters. The van der Waals surface area contributed by atoms with E-state index < -0.39 is 0 Å². The van der Waals surface area contributed by atoms with Gasteiger partial charge < -0.3 is 10.6 Å². The largest absolute Gasteiger partial charge is 0.397 e. The summed E-state index contributed by atoms with van der Waals surface area (Å²) in [4.78, 5) is 2.41. The van der Waals surface area contributed by atoms with E-state index in [1.165, 1.54) is 25.8 Å². The van der Waals surface area contributed by atoms with Gasteiger partial charge in [0.15, 0.2) is 0 Å². The first-order chi connectivity index (χ1) is 7.25. The predicted molar refractivity (Wildman–Crippen MR) is 60.4 cm³/mol. The number of nitrogens with zero attached hydrogens (tertiary/aromatic N) is 3. The van der Waals surface area contributed by atoms with Crippen LogP contribution in [0.4, 0.5) is 5.69 Å². The first kappa shape index (κ1) is 10.4. The van der Waals surface area contributed by atoms with Crippen molar-refractivity contribution in [1.82, 2.24) is 15.1 Å². The van der Waals surface area contributed by atoms with Crippen LogP contribution in [0.15, 0.2) is 12.3 Å². The summed E-state index contributed by atoms with van der Waals surface area (Å²) in [5.74, 6) is 0. The Labute approximate surface area is 90.5 Å². The smallest absolute Gasteiger partial charge is 0.0726 e. The fourth-order valence-corrected chi connectivity index (χ4v) is 2.17. The molecule has 82 valence electrons. The van der Waals surface area contributed by atoms with E-state index in [2.05, 4.69) is 22.1 Å². The number of likely N-dealkylation sites (tertiary alicyclic amines) is 1. The zero-order valence-corrected chi connectivity index (χ0v) is 9.19. The van der Waals surface area contributed by atoms with Gasteiger partial charge in [0.1, 0.15) is 0 Å². The minimum atomic E-state index is 0.606. The number of nitrogens with two attached hydrogens (primary N) is 1. The van der Waals surface area contributed by atoms with Gasteiger partial charge in [0.25, 0.3) is 0 Å². The number of piperidine rings is 1. The summed E-state index contributed by atoms with van der Waals surface area (Å²) in [5, 5.41) is 7.99. The van der Waals surface area contributed by atoms with Gasteiger partial charge >= 0.3 is 0 Å². The van der Waals surface area contributed by atoms with Crippen molar-refractivity contribution >= 4 is 5.69 Å². The van der Waals surface area contributed by atoms with Crippen molar-refractivity contribution < 1.29 is 0 Å². The van der Waals surface area contributed by atoms with E-state index in [1.807, 2.05) is 6.07 Å². The van der Waals surface area contributed by atoms with Crippen LogP contribution < -0.4 is 5.73 Å². The number of hydrogen-bond donors (Lipinski definition) is 1. The lowest BCUT2D eigenvalue weighted by Gasteiger charge is -2.32. The molecule has 0 aliphatic carbocycles. The van der Waals surface area contributed by atoms with Crippen molar-refractivity contribution in [2.75, 3.05) is 19.3 Å². The van der Waals surface area contributed by atoms with Crippen molar-refractivity contribution in [3.63, 3.8) is 0 Å². The summed E-state index contributed by atoms with van der Waals surface area (Å²) in [5.41, 5.74) is 7.40. The van der Waals surface area contributed by atoms with Crippen molar-refractivity contribution in [2.24, 2.45) is 0 Å². The van der Waals surface area contributed by atoms with Gasteiger partial charge in [-0.2, -0.15) is 10.2 Å². The highest BCUT2D eigenvalue weighted by Gasteiger charge is 2.19. The summed E-state index contributed by atoms with van der Waals surface area (Å²) >= 11 is 0. The Morgan fingerprint density at radius 3 is 3.13 bits per heavy atom. The molecule has 1 fully saturated rings. The second-order valence-corrected chi connectivity index (χ2v) is 4.31. The molecule has 4 heteroatoms. The maximum atomic E-state index is 5.68. The van der Waals surface area contributed by atoms with Crippen LogP contribution in [-0.4, -0.2) is 34.7 Å². The number of hydrogen-bond acceptors (Lipinski definition) is 4. The fraction of sp³-hybridized carbons (Fsp3) is 0.636. The quantitative estimate of drug-likeness (QED) is 0.787. The monoisotopic (exact) mass is 206 g/mol. The van der Waals surface area contributed by atoms with Crippen LogP contribution in [0.25, 0.3) is 0 Å². The zero-order valence-electron chi connectivity index (χ0n) is 9.19. The molecule has 2 heterocycles. The van der Waals surface area contributed by atoms with Crippen molar-refractivity contribution in [3.05, 3.63) is 18.0 Å². The van der Waals surface area contributed by atoms with Crippen molar-refractivity contribution in [2.45, 2.75) is 31.7 Å². The van der Waals surface area contributed by atoms with E-state index in [0.29, 0.717) is 11.7 Å². The molecule has 0 spiro atoms. The fourth-order valence-electron chi connectivity index (χ4n) is 2.17. The van der Waals surface area contributed by atoms with E-state index in [1.54, 1.807) is 6.20 Å². The van der Waals surface area contributed by atoms with Gasteiger partial charge in [-0.3, -0.25) is 0 Å². The van der Waals surface area contributed by atoms with Gasteiger partial charge in [0.05, 0.1) is 17.6 Å². The number of likely N-dealkylation sites (N-methyl/N-ethyl adjacent to an activating group) is 1. The lowest BCUT2D eigenvalue weighted by molar-refractivity contribution is 0.183. The van der Waals surface area contributed by atoms with Crippen molar-refractivity contribution in [1.29, 1.82) is 0 Å². The average Bonchev–Trinajstić information content (AvgIpc) is 2.22. The third kappa shape index (κ3) is 2.65. The molecule has 0 bridgehead atoms. The van der Waals surface area contributed by atoms with Crippen LogP contribution in [0.5, 0.6) is 0 Å². The van der Waals surface area contributed by atoms with Gasteiger partial charge in [0.2, 0.25) is 0 Å². The first-order valence-corrected chi connectivity index (χ1v) is 5.53. The molecule has 0 amide bonds. The molecule has 0 aromatic carbocycles. The normalized spacial score (nSPS) is 22.9. The Hall–Kier alpha value is -1.16. The van der Waals surface area contributed by atoms with Gasteiger partial charge in [-0.25, -0.2) is 0 Å². The standard InChI is InChI=1S/C11H18N4/c1-15-5-3-2-4-11(15)7-10-6-9(12)8-13-14-10/h6,8,11H,2-5,7H2,1H3,(H2,12,14). The first-order valence-electron chi connectivity index (χ1n) is 5.53. The van der Waals surface area contributed by atoms with Gasteiger partial charge in [-0.1, -0.05) is 6.42 Å². The minimum Gasteiger partial charge on any atom is -0.397 e. The second-order valence-electron chi connectivity index (χ2n) is 4.31. The molecule has 1 aliphatic heterocycles. The molecule has 0 saturated carbocycles. The summed E-state index contributed by atoms with van der Waals surface area (Å²) in [7, 11) is 2.18. The average molecular weight is 206 g/mol. The van der Waals surface area contributed by atoms with Gasteiger partial charge in [-0.15, -0.1) is 0 Å². The zero-order chi connectivity index (χ0) is 10.7. The Balaban J connectivity index is 2.01. The van der Waals surface area contributed by atoms with Crippen LogP contribution >= 0.6 is 0 Å². The highest BCUT2D eigenvalue weighted by Crippen LogP contribution is 2.18. The molecule has 4 nitrogen and oxygen atoms in total. The van der Waals surface area contributed by atoms with Crippen LogP contribution in [-0.2, 0) is 6.42 Å².